The highest BCUT2D eigenvalue weighted by Crippen LogP contribution is 2.46. The first-order valence-corrected chi connectivity index (χ1v) is 13.5. The minimum atomic E-state index is -0.511. The number of fused-ring (bicyclic) bond motifs is 4. The maximum absolute atomic E-state index is 12.5. The average Bonchev–Trinajstić information content (AvgIpc) is 3.21. The lowest BCUT2D eigenvalue weighted by Crippen LogP contribution is -2.40. The van der Waals surface area contributed by atoms with Gasteiger partial charge in [0, 0.05) is 48.4 Å². The Morgan fingerprint density at radius 1 is 1.05 bits per heavy atom. The van der Waals surface area contributed by atoms with Crippen LogP contribution in [0.5, 0.6) is 0 Å². The van der Waals surface area contributed by atoms with Crippen molar-refractivity contribution in [3.8, 4) is 11.1 Å². The van der Waals surface area contributed by atoms with Crippen LogP contribution in [0.15, 0.2) is 36.8 Å². The monoisotopic (exact) mass is 513 g/mol. The van der Waals surface area contributed by atoms with Crippen LogP contribution in [0.1, 0.15) is 69.1 Å². The van der Waals surface area contributed by atoms with Gasteiger partial charge in [-0.3, -0.25) is 9.88 Å². The van der Waals surface area contributed by atoms with E-state index < -0.39 is 5.60 Å². The number of pyridine rings is 2. The predicted molar refractivity (Wildman–Crippen MR) is 145 cm³/mol. The summed E-state index contributed by atoms with van der Waals surface area (Å²) < 4.78 is 5.54. The van der Waals surface area contributed by atoms with E-state index in [1.54, 1.807) is 4.90 Å². The van der Waals surface area contributed by atoms with Crippen molar-refractivity contribution in [3.63, 3.8) is 0 Å². The second kappa shape index (κ2) is 9.62. The number of nitrogens with zero attached hydrogens (tertiary/aromatic N) is 6. The third-order valence-corrected chi connectivity index (χ3v) is 7.64. The lowest BCUT2D eigenvalue weighted by atomic mass is 9.96. The molecule has 1 N–H and O–H groups in total. The molecule has 38 heavy (non-hydrogen) atoms. The number of amides is 1. The average molecular weight is 514 g/mol. The van der Waals surface area contributed by atoms with Crippen molar-refractivity contribution < 1.29 is 9.53 Å². The van der Waals surface area contributed by atoms with Crippen molar-refractivity contribution in [2.75, 3.05) is 25.0 Å². The van der Waals surface area contributed by atoms with Crippen LogP contribution in [0, 0.1) is 5.92 Å². The molecule has 9 nitrogen and oxygen atoms in total. The van der Waals surface area contributed by atoms with Crippen LogP contribution >= 0.6 is 0 Å². The Kier molecular flexibility index (Phi) is 6.26. The number of aromatic nitrogens is 4. The van der Waals surface area contributed by atoms with Crippen molar-refractivity contribution in [1.29, 1.82) is 0 Å². The smallest absolute Gasteiger partial charge is 0.410 e. The minimum absolute atomic E-state index is 0.0973. The Morgan fingerprint density at radius 2 is 1.87 bits per heavy atom. The largest absolute Gasteiger partial charge is 0.444 e. The number of piperidine rings is 1. The van der Waals surface area contributed by atoms with Gasteiger partial charge in [0.1, 0.15) is 11.4 Å². The topological polar surface area (TPSA) is 96.4 Å². The quantitative estimate of drug-likeness (QED) is 0.516. The Labute approximate surface area is 223 Å². The highest BCUT2D eigenvalue weighted by molar-refractivity contribution is 5.76. The first-order chi connectivity index (χ1) is 18.2. The Morgan fingerprint density at radius 3 is 2.66 bits per heavy atom. The fraction of sp³-hybridized carbons (Fsp3) is 0.483. The highest BCUT2D eigenvalue weighted by Gasteiger charge is 2.36. The zero-order valence-electron chi connectivity index (χ0n) is 22.6. The molecule has 9 heteroatoms. The van der Waals surface area contributed by atoms with Crippen molar-refractivity contribution in [1.82, 2.24) is 29.7 Å². The number of rotatable bonds is 3. The SMILES string of the molecule is CC1CCN([C@@H]2c3cnccc3-c3cnc(Nc4ccc5c(n4)CCN(C(=O)OC(C)(C)C)C5)nc32)CC1. The van der Waals surface area contributed by atoms with E-state index in [0.717, 1.165) is 41.5 Å². The second-order valence-electron chi connectivity index (χ2n) is 11.7. The van der Waals surface area contributed by atoms with E-state index in [1.807, 2.05) is 51.5 Å². The van der Waals surface area contributed by atoms with Crippen LogP contribution in [0.2, 0.25) is 0 Å². The maximum Gasteiger partial charge on any atom is 0.410 e. The van der Waals surface area contributed by atoms with Gasteiger partial charge in [-0.25, -0.2) is 19.7 Å². The first kappa shape index (κ1) is 24.7. The van der Waals surface area contributed by atoms with Crippen molar-refractivity contribution in [3.05, 3.63) is 59.3 Å². The molecule has 1 aliphatic carbocycles. The number of hydrogen-bond acceptors (Lipinski definition) is 8. The summed E-state index contributed by atoms with van der Waals surface area (Å²) in [6, 6.07) is 6.12. The van der Waals surface area contributed by atoms with Crippen LogP contribution in [-0.2, 0) is 17.7 Å². The molecule has 2 aliphatic heterocycles. The van der Waals surface area contributed by atoms with Crippen molar-refractivity contribution in [2.24, 2.45) is 5.92 Å². The molecular weight excluding hydrogens is 478 g/mol. The fourth-order valence-electron chi connectivity index (χ4n) is 5.63. The lowest BCUT2D eigenvalue weighted by Gasteiger charge is -2.35. The molecule has 0 aromatic carbocycles. The molecule has 6 rings (SSSR count). The lowest BCUT2D eigenvalue weighted by molar-refractivity contribution is 0.0223. The molecule has 0 radical (unpaired) electrons. The van der Waals surface area contributed by atoms with Crippen LogP contribution in [0.25, 0.3) is 11.1 Å². The summed E-state index contributed by atoms with van der Waals surface area (Å²) in [7, 11) is 0. The van der Waals surface area contributed by atoms with E-state index in [2.05, 4.69) is 33.2 Å². The summed E-state index contributed by atoms with van der Waals surface area (Å²) in [6.45, 7) is 11.2. The third kappa shape index (κ3) is 4.82. The Hall–Kier alpha value is -3.59. The Balaban J connectivity index is 1.22. The van der Waals surface area contributed by atoms with Crippen LogP contribution < -0.4 is 5.32 Å². The molecule has 0 unspecified atom stereocenters. The molecule has 0 bridgehead atoms. The molecule has 3 aromatic heterocycles. The highest BCUT2D eigenvalue weighted by atomic mass is 16.6. The summed E-state index contributed by atoms with van der Waals surface area (Å²) in [4.78, 5) is 35.7. The summed E-state index contributed by atoms with van der Waals surface area (Å²) in [5, 5.41) is 3.33. The van der Waals surface area contributed by atoms with Crippen molar-refractivity contribution in [2.45, 2.75) is 65.1 Å². The van der Waals surface area contributed by atoms with Crippen LogP contribution in [0.3, 0.4) is 0 Å². The number of hydrogen-bond donors (Lipinski definition) is 1. The zero-order valence-corrected chi connectivity index (χ0v) is 22.6. The van der Waals surface area contributed by atoms with Gasteiger partial charge in [-0.1, -0.05) is 13.0 Å². The predicted octanol–water partition coefficient (Wildman–Crippen LogP) is 5.11. The molecule has 1 saturated heterocycles. The molecule has 3 aromatic rings. The molecule has 198 valence electrons. The van der Waals surface area contributed by atoms with E-state index in [4.69, 9.17) is 14.7 Å². The molecule has 0 saturated carbocycles. The van der Waals surface area contributed by atoms with E-state index in [9.17, 15) is 4.79 Å². The molecular formula is C29H35N7O2. The van der Waals surface area contributed by atoms with E-state index in [0.29, 0.717) is 31.3 Å². The molecule has 0 spiro atoms. The zero-order chi connectivity index (χ0) is 26.4. The molecule has 1 amide bonds. The number of anilines is 2. The standard InChI is InChI=1S/C29H35N7O2/c1-18-8-12-35(13-9-18)26-22-15-30-11-7-20(22)21-16-31-27(34-25(21)26)33-24-6-5-19-17-36(14-10-23(19)32-24)28(37)38-29(2,3)4/h5-7,11,15-16,18,26H,8-10,12-14,17H2,1-4H3,(H,31,32,33,34)/t26-/m1/s1. The van der Waals surface area contributed by atoms with E-state index >= 15 is 0 Å². The van der Waals surface area contributed by atoms with Gasteiger partial charge in [0.2, 0.25) is 5.95 Å². The minimum Gasteiger partial charge on any atom is -0.444 e. The van der Waals surface area contributed by atoms with Crippen molar-refractivity contribution >= 4 is 17.9 Å². The van der Waals surface area contributed by atoms with Gasteiger partial charge in [0.05, 0.1) is 18.3 Å². The van der Waals surface area contributed by atoms with Gasteiger partial charge in [-0.15, -0.1) is 0 Å². The number of ether oxygens (including phenoxy) is 1. The summed E-state index contributed by atoms with van der Waals surface area (Å²) in [5.41, 5.74) is 6.00. The summed E-state index contributed by atoms with van der Waals surface area (Å²) in [6.07, 6.45) is 8.53. The maximum atomic E-state index is 12.5. The summed E-state index contributed by atoms with van der Waals surface area (Å²) in [5.74, 6) is 2.00. The molecule has 1 fully saturated rings. The molecule has 3 aliphatic rings. The van der Waals surface area contributed by atoms with Gasteiger partial charge in [-0.2, -0.15) is 0 Å². The molecule has 5 heterocycles. The van der Waals surface area contributed by atoms with Gasteiger partial charge in [-0.05, 0) is 75.9 Å². The van der Waals surface area contributed by atoms with Gasteiger partial charge < -0.3 is 15.0 Å². The second-order valence-corrected chi connectivity index (χ2v) is 11.7. The molecule has 1 atom stereocenters. The van der Waals surface area contributed by atoms with E-state index in [1.165, 1.54) is 24.0 Å². The Bertz CT molecular complexity index is 1360. The first-order valence-electron chi connectivity index (χ1n) is 13.5. The third-order valence-electron chi connectivity index (χ3n) is 7.64. The number of carbonyl (C=O) groups is 1. The number of carbonyl (C=O) groups excluding carboxylic acids is 1. The van der Waals surface area contributed by atoms with Crippen LogP contribution in [0.4, 0.5) is 16.6 Å². The normalized spacial score (nSPS) is 19.5. The van der Waals surface area contributed by atoms with Crippen LogP contribution in [-0.4, -0.2) is 61.1 Å². The summed E-state index contributed by atoms with van der Waals surface area (Å²) >= 11 is 0. The van der Waals surface area contributed by atoms with Gasteiger partial charge >= 0.3 is 6.09 Å². The van der Waals surface area contributed by atoms with Gasteiger partial charge in [0.25, 0.3) is 0 Å². The fourth-order valence-corrected chi connectivity index (χ4v) is 5.63. The number of nitrogens with one attached hydrogen (secondary N) is 1. The number of likely N-dealkylation sites (tertiary alicyclic amines) is 1. The van der Waals surface area contributed by atoms with E-state index in [-0.39, 0.29) is 12.1 Å². The van der Waals surface area contributed by atoms with Gasteiger partial charge in [0.15, 0.2) is 0 Å².